The molecule has 0 unspecified atom stereocenters. The van der Waals surface area contributed by atoms with Gasteiger partial charge in [-0.2, -0.15) is 0 Å². The fraction of sp³-hybridized carbons (Fsp3) is 0.200. The highest BCUT2D eigenvalue weighted by atomic mass is 16.5. The topological polar surface area (TPSA) is 9.23 Å². The second kappa shape index (κ2) is 4.84. The number of methoxy groups -OCH3 is 1. The van der Waals surface area contributed by atoms with E-state index in [1.807, 2.05) is 19.1 Å². The van der Waals surface area contributed by atoms with Gasteiger partial charge in [-0.3, -0.25) is 0 Å². The molecule has 2 rings (SSSR count). The molecule has 0 spiro atoms. The Morgan fingerprint density at radius 1 is 1.12 bits per heavy atom. The summed E-state index contributed by atoms with van der Waals surface area (Å²) in [6.07, 6.45) is 5.13. The van der Waals surface area contributed by atoms with Crippen LogP contribution in [0.15, 0.2) is 48.6 Å². The van der Waals surface area contributed by atoms with Gasteiger partial charge < -0.3 is 4.74 Å². The lowest BCUT2D eigenvalue weighted by Crippen LogP contribution is -1.92. The molecule has 0 saturated carbocycles. The minimum absolute atomic E-state index is 0.921. The van der Waals surface area contributed by atoms with E-state index in [0.717, 1.165) is 12.2 Å². The molecule has 0 atom stereocenters. The highest BCUT2D eigenvalue weighted by molar-refractivity contribution is 5.89. The molecule has 16 heavy (non-hydrogen) atoms. The van der Waals surface area contributed by atoms with E-state index < -0.39 is 0 Å². The molecule has 0 fully saturated rings. The molecule has 0 radical (unpaired) electrons. The molecule has 0 heterocycles. The van der Waals surface area contributed by atoms with Crippen LogP contribution in [0, 0.1) is 0 Å². The minimum Gasteiger partial charge on any atom is -0.496 e. The van der Waals surface area contributed by atoms with Crippen LogP contribution in [0.2, 0.25) is 0 Å². The first-order valence-electron chi connectivity index (χ1n) is 5.52. The fourth-order valence-corrected chi connectivity index (χ4v) is 1.93. The summed E-state index contributed by atoms with van der Waals surface area (Å²) in [4.78, 5) is 0. The monoisotopic (exact) mass is 212 g/mol. The van der Waals surface area contributed by atoms with Crippen molar-refractivity contribution >= 4 is 10.8 Å². The van der Waals surface area contributed by atoms with E-state index in [1.165, 1.54) is 16.3 Å². The van der Waals surface area contributed by atoms with Gasteiger partial charge in [0.1, 0.15) is 5.75 Å². The Morgan fingerprint density at radius 2 is 1.94 bits per heavy atom. The lowest BCUT2D eigenvalue weighted by Gasteiger charge is -2.10. The fourth-order valence-electron chi connectivity index (χ4n) is 1.93. The predicted molar refractivity (Wildman–Crippen MR) is 69.0 cm³/mol. The third-order valence-electron chi connectivity index (χ3n) is 2.74. The summed E-state index contributed by atoms with van der Waals surface area (Å²) in [5.74, 6) is 0.996. The SMILES string of the molecule is C/C=C/Cc1ccc2ccccc2c1OC. The molecule has 1 heteroatoms. The Hall–Kier alpha value is -1.76. The first-order valence-corrected chi connectivity index (χ1v) is 5.52. The van der Waals surface area contributed by atoms with Gasteiger partial charge in [-0.25, -0.2) is 0 Å². The number of rotatable bonds is 3. The minimum atomic E-state index is 0.921. The third-order valence-corrected chi connectivity index (χ3v) is 2.74. The molecule has 0 aliphatic carbocycles. The number of ether oxygens (including phenoxy) is 1. The molecule has 0 saturated heterocycles. The molecule has 0 aliphatic rings. The van der Waals surface area contributed by atoms with Crippen molar-refractivity contribution in [2.75, 3.05) is 7.11 Å². The Morgan fingerprint density at radius 3 is 2.69 bits per heavy atom. The number of fused-ring (bicyclic) bond motifs is 1. The van der Waals surface area contributed by atoms with E-state index in [9.17, 15) is 0 Å². The van der Waals surface area contributed by atoms with E-state index in [1.54, 1.807) is 7.11 Å². The van der Waals surface area contributed by atoms with Crippen LogP contribution in [0.4, 0.5) is 0 Å². The molecule has 82 valence electrons. The van der Waals surface area contributed by atoms with Gasteiger partial charge in [-0.15, -0.1) is 0 Å². The maximum absolute atomic E-state index is 5.52. The third kappa shape index (κ3) is 1.94. The normalized spacial score (nSPS) is 11.1. The van der Waals surface area contributed by atoms with E-state index in [2.05, 4.69) is 36.4 Å². The van der Waals surface area contributed by atoms with Crippen LogP contribution in [-0.2, 0) is 6.42 Å². The van der Waals surface area contributed by atoms with Crippen molar-refractivity contribution in [3.63, 3.8) is 0 Å². The van der Waals surface area contributed by atoms with Crippen molar-refractivity contribution in [1.82, 2.24) is 0 Å². The van der Waals surface area contributed by atoms with Gasteiger partial charge in [0, 0.05) is 5.39 Å². The molecular formula is C15H16O. The number of allylic oxidation sites excluding steroid dienone is 2. The molecule has 2 aromatic carbocycles. The summed E-state index contributed by atoms with van der Waals surface area (Å²) in [7, 11) is 1.74. The number of hydrogen-bond acceptors (Lipinski definition) is 1. The zero-order chi connectivity index (χ0) is 11.4. The van der Waals surface area contributed by atoms with Crippen molar-refractivity contribution in [2.24, 2.45) is 0 Å². The Labute approximate surface area is 96.4 Å². The molecule has 0 aromatic heterocycles. The van der Waals surface area contributed by atoms with Gasteiger partial charge in [0.25, 0.3) is 0 Å². The van der Waals surface area contributed by atoms with Crippen molar-refractivity contribution in [1.29, 1.82) is 0 Å². The van der Waals surface area contributed by atoms with E-state index in [4.69, 9.17) is 4.74 Å². The van der Waals surface area contributed by atoms with E-state index in [-0.39, 0.29) is 0 Å². The maximum atomic E-state index is 5.52. The lowest BCUT2D eigenvalue weighted by molar-refractivity contribution is 0.416. The summed E-state index contributed by atoms with van der Waals surface area (Å²) in [5.41, 5.74) is 1.24. The van der Waals surface area contributed by atoms with Crippen molar-refractivity contribution < 1.29 is 4.74 Å². The second-order valence-corrected chi connectivity index (χ2v) is 3.75. The van der Waals surface area contributed by atoms with Gasteiger partial charge in [0.05, 0.1) is 7.11 Å². The zero-order valence-corrected chi connectivity index (χ0v) is 9.73. The summed E-state index contributed by atoms with van der Waals surface area (Å²) >= 11 is 0. The molecule has 0 aliphatic heterocycles. The Bertz CT molecular complexity index is 512. The van der Waals surface area contributed by atoms with Gasteiger partial charge in [-0.1, -0.05) is 48.6 Å². The predicted octanol–water partition coefficient (Wildman–Crippen LogP) is 3.97. The van der Waals surface area contributed by atoms with E-state index >= 15 is 0 Å². The Balaban J connectivity index is 2.58. The van der Waals surface area contributed by atoms with Crippen LogP contribution in [0.5, 0.6) is 5.75 Å². The first-order chi connectivity index (χ1) is 7.86. The molecule has 0 N–H and O–H groups in total. The number of hydrogen-bond donors (Lipinski definition) is 0. The van der Waals surface area contributed by atoms with Gasteiger partial charge in [0.2, 0.25) is 0 Å². The molecule has 0 bridgehead atoms. The maximum Gasteiger partial charge on any atom is 0.130 e. The highest BCUT2D eigenvalue weighted by Crippen LogP contribution is 2.29. The average molecular weight is 212 g/mol. The number of benzene rings is 2. The van der Waals surface area contributed by atoms with Gasteiger partial charge >= 0.3 is 0 Å². The largest absolute Gasteiger partial charge is 0.496 e. The van der Waals surface area contributed by atoms with E-state index in [0.29, 0.717) is 0 Å². The molecule has 1 nitrogen and oxygen atoms in total. The van der Waals surface area contributed by atoms with Crippen LogP contribution < -0.4 is 4.74 Å². The van der Waals surface area contributed by atoms with Crippen molar-refractivity contribution in [2.45, 2.75) is 13.3 Å². The standard InChI is InChI=1S/C15H16O/c1-3-4-7-13-11-10-12-8-5-6-9-14(12)15(13)16-2/h3-6,8-11H,7H2,1-2H3/b4-3+. The molecule has 2 aromatic rings. The van der Waals surface area contributed by atoms with Crippen LogP contribution >= 0.6 is 0 Å². The summed E-state index contributed by atoms with van der Waals surface area (Å²) in [6.45, 7) is 2.04. The Kier molecular flexibility index (Phi) is 3.25. The van der Waals surface area contributed by atoms with Gasteiger partial charge in [0.15, 0.2) is 0 Å². The van der Waals surface area contributed by atoms with Crippen LogP contribution in [-0.4, -0.2) is 7.11 Å². The first kappa shape index (κ1) is 10.7. The molecule has 0 amide bonds. The van der Waals surface area contributed by atoms with Crippen molar-refractivity contribution in [3.8, 4) is 5.75 Å². The second-order valence-electron chi connectivity index (χ2n) is 3.75. The quantitative estimate of drug-likeness (QED) is 0.699. The van der Waals surface area contributed by atoms with Gasteiger partial charge in [-0.05, 0) is 24.3 Å². The van der Waals surface area contributed by atoms with Crippen LogP contribution in [0.25, 0.3) is 10.8 Å². The highest BCUT2D eigenvalue weighted by Gasteiger charge is 2.05. The van der Waals surface area contributed by atoms with Crippen LogP contribution in [0.1, 0.15) is 12.5 Å². The van der Waals surface area contributed by atoms with Crippen molar-refractivity contribution in [3.05, 3.63) is 54.1 Å². The lowest BCUT2D eigenvalue weighted by atomic mass is 10.0. The zero-order valence-electron chi connectivity index (χ0n) is 9.73. The summed E-state index contributed by atoms with van der Waals surface area (Å²) in [5, 5.41) is 2.41. The molecular weight excluding hydrogens is 196 g/mol. The smallest absolute Gasteiger partial charge is 0.130 e. The summed E-state index contributed by atoms with van der Waals surface area (Å²) in [6, 6.07) is 12.6. The van der Waals surface area contributed by atoms with Crippen LogP contribution in [0.3, 0.4) is 0 Å². The summed E-state index contributed by atoms with van der Waals surface area (Å²) < 4.78 is 5.52. The average Bonchev–Trinajstić information content (AvgIpc) is 2.35.